The third kappa shape index (κ3) is 3.99. The van der Waals surface area contributed by atoms with Crippen molar-refractivity contribution in [3.8, 4) is 12.3 Å². The minimum Gasteiger partial charge on any atom is -0.480 e. The highest BCUT2D eigenvalue weighted by Gasteiger charge is 2.35. The molecule has 2 atom stereocenters. The van der Waals surface area contributed by atoms with E-state index < -0.39 is 5.97 Å². The topological polar surface area (TPSA) is 60.9 Å². The standard InChI is InChI=1S/C12H18N2O3/c1-4-5-14(8-11(15)16)12(17)13(3)7-10-6-9(10)2/h1,9-10H,5-8H2,2-3H3,(H,15,16). The smallest absolute Gasteiger partial charge is 0.323 e. The predicted octanol–water partition coefficient (Wildman–Crippen LogP) is 0.714. The summed E-state index contributed by atoms with van der Waals surface area (Å²) in [5.41, 5.74) is 0. The van der Waals surface area contributed by atoms with Gasteiger partial charge in [0.1, 0.15) is 6.54 Å². The third-order valence-electron chi connectivity index (χ3n) is 2.99. The van der Waals surface area contributed by atoms with Gasteiger partial charge in [0.05, 0.1) is 6.54 Å². The highest BCUT2D eigenvalue weighted by molar-refractivity contribution is 5.80. The van der Waals surface area contributed by atoms with Gasteiger partial charge in [0.25, 0.3) is 0 Å². The van der Waals surface area contributed by atoms with E-state index in [2.05, 4.69) is 12.8 Å². The van der Waals surface area contributed by atoms with Crippen molar-refractivity contribution in [3.63, 3.8) is 0 Å². The van der Waals surface area contributed by atoms with Crippen molar-refractivity contribution < 1.29 is 14.7 Å². The molecule has 94 valence electrons. The molecule has 0 aromatic heterocycles. The minimum absolute atomic E-state index is 0.0235. The van der Waals surface area contributed by atoms with Crippen LogP contribution >= 0.6 is 0 Å². The summed E-state index contributed by atoms with van der Waals surface area (Å²) in [6.07, 6.45) is 6.25. The van der Waals surface area contributed by atoms with Crippen LogP contribution in [0.2, 0.25) is 0 Å². The average Bonchev–Trinajstić information content (AvgIpc) is 2.91. The second-order valence-corrected chi connectivity index (χ2v) is 4.59. The molecule has 5 heteroatoms. The molecule has 1 N–H and O–H groups in total. The first-order valence-electron chi connectivity index (χ1n) is 5.61. The Bertz CT molecular complexity index is 348. The number of carboxylic acids is 1. The van der Waals surface area contributed by atoms with Crippen LogP contribution in [-0.4, -0.2) is 53.6 Å². The van der Waals surface area contributed by atoms with E-state index in [1.807, 2.05) is 0 Å². The van der Waals surface area contributed by atoms with Crippen LogP contribution in [0, 0.1) is 24.2 Å². The van der Waals surface area contributed by atoms with Gasteiger partial charge in [0.2, 0.25) is 0 Å². The Labute approximate surface area is 101 Å². The molecule has 0 bridgehead atoms. The fourth-order valence-electron chi connectivity index (χ4n) is 1.79. The van der Waals surface area contributed by atoms with Crippen LogP contribution in [-0.2, 0) is 4.79 Å². The number of carbonyl (C=O) groups excluding carboxylic acids is 1. The molecule has 1 fully saturated rings. The minimum atomic E-state index is -1.05. The van der Waals surface area contributed by atoms with E-state index in [1.165, 1.54) is 0 Å². The molecule has 1 saturated carbocycles. The van der Waals surface area contributed by atoms with Crippen molar-refractivity contribution in [1.82, 2.24) is 9.80 Å². The van der Waals surface area contributed by atoms with Gasteiger partial charge in [-0.2, -0.15) is 0 Å². The molecule has 2 amide bonds. The summed E-state index contributed by atoms with van der Waals surface area (Å²) in [6.45, 7) is 2.48. The number of urea groups is 1. The van der Waals surface area contributed by atoms with Gasteiger partial charge in [-0.1, -0.05) is 12.8 Å². The summed E-state index contributed by atoms with van der Waals surface area (Å²) in [7, 11) is 1.68. The summed E-state index contributed by atoms with van der Waals surface area (Å²) >= 11 is 0. The molecule has 0 aromatic carbocycles. The zero-order chi connectivity index (χ0) is 13.0. The Balaban J connectivity index is 2.50. The van der Waals surface area contributed by atoms with Crippen LogP contribution in [0.25, 0.3) is 0 Å². The highest BCUT2D eigenvalue weighted by Crippen LogP contribution is 2.38. The van der Waals surface area contributed by atoms with Crippen molar-refractivity contribution in [2.45, 2.75) is 13.3 Å². The molecule has 1 aliphatic carbocycles. The normalized spacial score (nSPS) is 21.5. The van der Waals surface area contributed by atoms with Gasteiger partial charge in [-0.3, -0.25) is 4.79 Å². The van der Waals surface area contributed by atoms with E-state index in [4.69, 9.17) is 11.5 Å². The Morgan fingerprint density at radius 3 is 2.53 bits per heavy atom. The first-order valence-corrected chi connectivity index (χ1v) is 5.61. The second kappa shape index (κ2) is 5.58. The Morgan fingerprint density at radius 2 is 2.12 bits per heavy atom. The van der Waals surface area contributed by atoms with Crippen LogP contribution in [0.4, 0.5) is 4.79 Å². The fourth-order valence-corrected chi connectivity index (χ4v) is 1.79. The molecule has 0 aliphatic heterocycles. The molecule has 2 unspecified atom stereocenters. The van der Waals surface area contributed by atoms with E-state index in [-0.39, 0.29) is 19.1 Å². The van der Waals surface area contributed by atoms with Gasteiger partial charge in [-0.05, 0) is 18.3 Å². The van der Waals surface area contributed by atoms with Crippen LogP contribution in [0.3, 0.4) is 0 Å². The number of carbonyl (C=O) groups is 2. The lowest BCUT2D eigenvalue weighted by atomic mass is 10.3. The maximum atomic E-state index is 11.9. The molecule has 0 radical (unpaired) electrons. The van der Waals surface area contributed by atoms with Gasteiger partial charge < -0.3 is 14.9 Å². The maximum absolute atomic E-state index is 11.9. The number of terminal acetylenes is 1. The number of aliphatic carboxylic acids is 1. The van der Waals surface area contributed by atoms with Crippen molar-refractivity contribution in [2.75, 3.05) is 26.7 Å². The number of amides is 2. The first-order chi connectivity index (χ1) is 7.95. The zero-order valence-corrected chi connectivity index (χ0v) is 10.2. The molecular weight excluding hydrogens is 220 g/mol. The Morgan fingerprint density at radius 1 is 1.53 bits per heavy atom. The van der Waals surface area contributed by atoms with Gasteiger partial charge in [0, 0.05) is 13.6 Å². The van der Waals surface area contributed by atoms with Gasteiger partial charge in [-0.25, -0.2) is 4.79 Å². The largest absolute Gasteiger partial charge is 0.480 e. The maximum Gasteiger partial charge on any atom is 0.323 e. The van der Waals surface area contributed by atoms with Crippen LogP contribution in [0.1, 0.15) is 13.3 Å². The molecule has 0 aromatic rings. The van der Waals surface area contributed by atoms with Gasteiger partial charge in [-0.15, -0.1) is 6.42 Å². The third-order valence-corrected chi connectivity index (χ3v) is 2.99. The number of nitrogens with zero attached hydrogens (tertiary/aromatic N) is 2. The average molecular weight is 238 g/mol. The number of carboxylic acid groups (broad SMARTS) is 1. The molecule has 1 rings (SSSR count). The summed E-state index contributed by atoms with van der Waals surface area (Å²) in [5.74, 6) is 2.45. The Kier molecular flexibility index (Phi) is 4.38. The molecule has 1 aliphatic rings. The summed E-state index contributed by atoms with van der Waals surface area (Å²) < 4.78 is 0. The van der Waals surface area contributed by atoms with E-state index in [0.29, 0.717) is 18.4 Å². The lowest BCUT2D eigenvalue weighted by Gasteiger charge is -2.25. The fraction of sp³-hybridized carbons (Fsp3) is 0.667. The second-order valence-electron chi connectivity index (χ2n) is 4.59. The molecule has 0 saturated heterocycles. The van der Waals surface area contributed by atoms with E-state index in [9.17, 15) is 9.59 Å². The highest BCUT2D eigenvalue weighted by atomic mass is 16.4. The summed E-state index contributed by atoms with van der Waals surface area (Å²) in [6, 6.07) is -0.315. The van der Waals surface area contributed by atoms with Crippen LogP contribution in [0.15, 0.2) is 0 Å². The van der Waals surface area contributed by atoms with E-state index in [0.717, 1.165) is 11.3 Å². The van der Waals surface area contributed by atoms with Crippen molar-refractivity contribution in [2.24, 2.45) is 11.8 Å². The van der Waals surface area contributed by atoms with E-state index >= 15 is 0 Å². The number of hydrogen-bond donors (Lipinski definition) is 1. The predicted molar refractivity (Wildman–Crippen MR) is 63.3 cm³/mol. The molecule has 0 heterocycles. The van der Waals surface area contributed by atoms with Gasteiger partial charge in [0.15, 0.2) is 0 Å². The lowest BCUT2D eigenvalue weighted by molar-refractivity contribution is -0.137. The summed E-state index contributed by atoms with van der Waals surface area (Å²) in [5, 5.41) is 8.70. The molecule has 5 nitrogen and oxygen atoms in total. The molecule has 0 spiro atoms. The number of hydrogen-bond acceptors (Lipinski definition) is 2. The van der Waals surface area contributed by atoms with Crippen molar-refractivity contribution >= 4 is 12.0 Å². The first kappa shape index (κ1) is 13.4. The van der Waals surface area contributed by atoms with Crippen molar-refractivity contribution in [1.29, 1.82) is 0 Å². The van der Waals surface area contributed by atoms with Crippen molar-refractivity contribution in [3.05, 3.63) is 0 Å². The van der Waals surface area contributed by atoms with Crippen LogP contribution < -0.4 is 0 Å². The van der Waals surface area contributed by atoms with E-state index in [1.54, 1.807) is 11.9 Å². The molecular formula is C12H18N2O3. The molecule has 17 heavy (non-hydrogen) atoms. The monoisotopic (exact) mass is 238 g/mol. The van der Waals surface area contributed by atoms with Crippen LogP contribution in [0.5, 0.6) is 0 Å². The zero-order valence-electron chi connectivity index (χ0n) is 10.2. The SMILES string of the molecule is C#CCN(CC(=O)O)C(=O)N(C)CC1CC1C. The number of rotatable bonds is 5. The quantitative estimate of drug-likeness (QED) is 0.718. The summed E-state index contributed by atoms with van der Waals surface area (Å²) in [4.78, 5) is 25.3. The Hall–Kier alpha value is -1.70. The lowest BCUT2D eigenvalue weighted by Crippen LogP contribution is -2.44. The van der Waals surface area contributed by atoms with Gasteiger partial charge >= 0.3 is 12.0 Å².